The number of esters is 3. The SMILES string of the molecule is CCOC(=O)CCc1c(C(=O)OCC)[nH]c(C)c1C(=O)C(=O)OC. The minimum Gasteiger partial charge on any atom is -0.466 e. The lowest BCUT2D eigenvalue weighted by molar-refractivity contribution is -0.143. The van der Waals surface area contributed by atoms with Crippen LogP contribution in [0.25, 0.3) is 0 Å². The number of H-pyrrole nitrogens is 1. The van der Waals surface area contributed by atoms with Crippen LogP contribution in [0.1, 0.15) is 52.4 Å². The summed E-state index contributed by atoms with van der Waals surface area (Å²) in [6.07, 6.45) is 0.00831. The van der Waals surface area contributed by atoms with E-state index in [-0.39, 0.29) is 42.9 Å². The molecule has 0 aromatic carbocycles. The molecule has 0 fully saturated rings. The van der Waals surface area contributed by atoms with Crippen LogP contribution in [-0.4, -0.2) is 49.0 Å². The number of aryl methyl sites for hydroxylation is 1. The smallest absolute Gasteiger partial charge is 0.379 e. The van der Waals surface area contributed by atoms with Crippen molar-refractivity contribution < 1.29 is 33.4 Å². The van der Waals surface area contributed by atoms with Crippen LogP contribution in [0.2, 0.25) is 0 Å². The van der Waals surface area contributed by atoms with Gasteiger partial charge in [-0.2, -0.15) is 0 Å². The summed E-state index contributed by atoms with van der Waals surface area (Å²) in [5.74, 6) is -3.07. The average Bonchev–Trinajstić information content (AvgIpc) is 2.88. The van der Waals surface area contributed by atoms with E-state index in [2.05, 4.69) is 9.72 Å². The maximum atomic E-state index is 12.2. The van der Waals surface area contributed by atoms with Crippen molar-refractivity contribution in [3.8, 4) is 0 Å². The molecule has 0 aliphatic rings. The minimum atomic E-state index is -1.05. The fourth-order valence-corrected chi connectivity index (χ4v) is 2.27. The number of aromatic nitrogens is 1. The molecule has 8 nitrogen and oxygen atoms in total. The Morgan fingerprint density at radius 2 is 1.67 bits per heavy atom. The van der Waals surface area contributed by atoms with Crippen molar-refractivity contribution in [3.05, 3.63) is 22.5 Å². The molecule has 1 N–H and O–H groups in total. The molecule has 0 amide bonds. The molecule has 1 aromatic heterocycles. The lowest BCUT2D eigenvalue weighted by Gasteiger charge is -2.07. The standard InChI is InChI=1S/C16H21NO7/c1-5-23-11(18)8-7-10-12(14(19)16(21)22-4)9(3)17-13(10)15(20)24-6-2/h17H,5-8H2,1-4H3. The normalized spacial score (nSPS) is 10.2. The van der Waals surface area contributed by atoms with Crippen molar-refractivity contribution in [2.45, 2.75) is 33.6 Å². The Hall–Kier alpha value is -2.64. The summed E-state index contributed by atoms with van der Waals surface area (Å²) in [5, 5.41) is 0. The van der Waals surface area contributed by atoms with Crippen molar-refractivity contribution in [3.63, 3.8) is 0 Å². The summed E-state index contributed by atoms with van der Waals surface area (Å²) in [5.41, 5.74) is 0.641. The molecule has 0 aliphatic carbocycles. The van der Waals surface area contributed by atoms with Crippen LogP contribution in [0, 0.1) is 6.92 Å². The maximum absolute atomic E-state index is 12.2. The van der Waals surface area contributed by atoms with Gasteiger partial charge in [0.25, 0.3) is 5.78 Å². The number of rotatable bonds is 8. The number of hydrogen-bond donors (Lipinski definition) is 1. The molecule has 24 heavy (non-hydrogen) atoms. The number of Topliss-reactive ketones (excluding diaryl/α,β-unsaturated/α-hetero) is 1. The second-order valence-electron chi connectivity index (χ2n) is 4.82. The Kier molecular flexibility index (Phi) is 7.16. The van der Waals surface area contributed by atoms with E-state index in [0.717, 1.165) is 7.11 Å². The molecule has 0 bridgehead atoms. The van der Waals surface area contributed by atoms with Gasteiger partial charge >= 0.3 is 17.9 Å². The van der Waals surface area contributed by atoms with Crippen molar-refractivity contribution in [1.82, 2.24) is 4.98 Å². The van der Waals surface area contributed by atoms with E-state index in [0.29, 0.717) is 5.69 Å². The molecule has 0 saturated heterocycles. The summed E-state index contributed by atoms with van der Waals surface area (Å²) < 4.78 is 14.2. The van der Waals surface area contributed by atoms with Gasteiger partial charge in [0.1, 0.15) is 5.69 Å². The first kappa shape index (κ1) is 19.4. The monoisotopic (exact) mass is 339 g/mol. The van der Waals surface area contributed by atoms with Crippen LogP contribution in [-0.2, 0) is 30.2 Å². The zero-order valence-corrected chi connectivity index (χ0v) is 14.2. The average molecular weight is 339 g/mol. The Bertz CT molecular complexity index is 645. The highest BCUT2D eigenvalue weighted by atomic mass is 16.5. The highest BCUT2D eigenvalue weighted by molar-refractivity contribution is 6.41. The first-order chi connectivity index (χ1) is 11.4. The number of carbonyl (C=O) groups is 4. The van der Waals surface area contributed by atoms with Crippen molar-refractivity contribution in [2.24, 2.45) is 0 Å². The van der Waals surface area contributed by atoms with E-state index in [1.54, 1.807) is 20.8 Å². The van der Waals surface area contributed by atoms with E-state index in [1.807, 2.05) is 0 Å². The molecule has 132 valence electrons. The van der Waals surface area contributed by atoms with Gasteiger partial charge in [-0.05, 0) is 32.8 Å². The van der Waals surface area contributed by atoms with Crippen LogP contribution in [0.5, 0.6) is 0 Å². The highest BCUT2D eigenvalue weighted by Crippen LogP contribution is 2.23. The van der Waals surface area contributed by atoms with Crippen molar-refractivity contribution in [2.75, 3.05) is 20.3 Å². The largest absolute Gasteiger partial charge is 0.466 e. The molecular formula is C16H21NO7. The van der Waals surface area contributed by atoms with Crippen LogP contribution in [0.4, 0.5) is 0 Å². The van der Waals surface area contributed by atoms with Crippen molar-refractivity contribution >= 4 is 23.7 Å². The Morgan fingerprint density at radius 3 is 2.21 bits per heavy atom. The van der Waals surface area contributed by atoms with Gasteiger partial charge in [0.05, 0.1) is 25.9 Å². The molecule has 1 rings (SSSR count). The summed E-state index contributed by atoms with van der Waals surface area (Å²) in [7, 11) is 1.09. The topological polar surface area (TPSA) is 112 Å². The van der Waals surface area contributed by atoms with Gasteiger partial charge in [0, 0.05) is 12.1 Å². The third kappa shape index (κ3) is 4.43. The summed E-state index contributed by atoms with van der Waals surface area (Å²) in [4.78, 5) is 50.2. The Labute approximate surface area is 139 Å². The molecular weight excluding hydrogens is 318 g/mol. The molecule has 8 heteroatoms. The van der Waals surface area contributed by atoms with E-state index >= 15 is 0 Å². The maximum Gasteiger partial charge on any atom is 0.379 e. The minimum absolute atomic E-state index is 0.0224. The van der Waals surface area contributed by atoms with E-state index in [9.17, 15) is 19.2 Å². The fourth-order valence-electron chi connectivity index (χ4n) is 2.27. The van der Waals surface area contributed by atoms with Crippen LogP contribution >= 0.6 is 0 Å². The van der Waals surface area contributed by atoms with Gasteiger partial charge in [0.2, 0.25) is 0 Å². The second-order valence-corrected chi connectivity index (χ2v) is 4.82. The number of ketones is 1. The van der Waals surface area contributed by atoms with Gasteiger partial charge in [-0.15, -0.1) is 0 Å². The molecule has 1 aromatic rings. The number of hydrogen-bond acceptors (Lipinski definition) is 7. The highest BCUT2D eigenvalue weighted by Gasteiger charge is 2.29. The zero-order chi connectivity index (χ0) is 18.3. The molecule has 0 aliphatic heterocycles. The van der Waals surface area contributed by atoms with Crippen molar-refractivity contribution in [1.29, 1.82) is 0 Å². The first-order valence-corrected chi connectivity index (χ1v) is 7.54. The van der Waals surface area contributed by atoms with Crippen LogP contribution in [0.3, 0.4) is 0 Å². The third-order valence-electron chi connectivity index (χ3n) is 3.25. The van der Waals surface area contributed by atoms with Crippen LogP contribution < -0.4 is 0 Å². The summed E-state index contributed by atoms with van der Waals surface area (Å²) in [6.45, 7) is 5.24. The fraction of sp³-hybridized carbons (Fsp3) is 0.500. The first-order valence-electron chi connectivity index (χ1n) is 7.54. The molecule has 1 heterocycles. The quantitative estimate of drug-likeness (QED) is 0.329. The molecule has 0 unspecified atom stereocenters. The number of carbonyl (C=O) groups excluding carboxylic acids is 4. The lowest BCUT2D eigenvalue weighted by Crippen LogP contribution is -2.19. The Morgan fingerprint density at radius 1 is 1.04 bits per heavy atom. The number of nitrogens with one attached hydrogen (secondary N) is 1. The third-order valence-corrected chi connectivity index (χ3v) is 3.25. The number of ether oxygens (including phenoxy) is 3. The van der Waals surface area contributed by atoms with E-state index in [4.69, 9.17) is 9.47 Å². The molecule has 0 atom stereocenters. The summed E-state index contributed by atoms with van der Waals surface area (Å²) in [6, 6.07) is 0. The van der Waals surface area contributed by atoms with E-state index in [1.165, 1.54) is 0 Å². The molecule has 0 radical (unpaired) electrons. The van der Waals surface area contributed by atoms with Gasteiger partial charge in [-0.1, -0.05) is 0 Å². The zero-order valence-electron chi connectivity index (χ0n) is 14.2. The molecule has 0 saturated carbocycles. The second kappa shape index (κ2) is 8.85. The van der Waals surface area contributed by atoms with Gasteiger partial charge in [-0.25, -0.2) is 9.59 Å². The van der Waals surface area contributed by atoms with Gasteiger partial charge < -0.3 is 19.2 Å². The predicted molar refractivity (Wildman–Crippen MR) is 82.8 cm³/mol. The number of aromatic amines is 1. The van der Waals surface area contributed by atoms with E-state index < -0.39 is 23.7 Å². The number of methoxy groups -OCH3 is 1. The van der Waals surface area contributed by atoms with Gasteiger partial charge in [-0.3, -0.25) is 9.59 Å². The Balaban J connectivity index is 3.26. The summed E-state index contributed by atoms with van der Waals surface area (Å²) >= 11 is 0. The lowest BCUT2D eigenvalue weighted by atomic mass is 10.00. The van der Waals surface area contributed by atoms with Gasteiger partial charge in [0.15, 0.2) is 0 Å². The predicted octanol–water partition coefficient (Wildman–Crippen LogP) is 1.35. The molecule has 0 spiro atoms. The van der Waals surface area contributed by atoms with Crippen LogP contribution in [0.15, 0.2) is 0 Å².